The van der Waals surface area contributed by atoms with Crippen LogP contribution in [-0.2, 0) is 16.5 Å². The summed E-state index contributed by atoms with van der Waals surface area (Å²) in [4.78, 5) is 4.41. The Labute approximate surface area is 137 Å². The van der Waals surface area contributed by atoms with Crippen LogP contribution in [0, 0.1) is 10.7 Å². The van der Waals surface area contributed by atoms with Crippen LogP contribution < -0.4 is 5.32 Å². The van der Waals surface area contributed by atoms with Crippen LogP contribution in [0.5, 0.6) is 0 Å². The first kappa shape index (κ1) is 16.2. The molecule has 1 aliphatic heterocycles. The van der Waals surface area contributed by atoms with E-state index < -0.39 is 9.92 Å². The number of pyridine rings is 1. The molecule has 1 atom stereocenters. The van der Waals surface area contributed by atoms with Gasteiger partial charge in [-0.15, -0.1) is 0 Å². The van der Waals surface area contributed by atoms with Crippen LogP contribution >= 0.6 is 0 Å². The first-order valence-electron chi connectivity index (χ1n) is 8.02. The van der Waals surface area contributed by atoms with Crippen LogP contribution in [0.4, 0.5) is 5.69 Å². The Morgan fingerprint density at radius 3 is 2.83 bits per heavy atom. The van der Waals surface area contributed by atoms with E-state index >= 15 is 0 Å². The summed E-state index contributed by atoms with van der Waals surface area (Å²) in [5.41, 5.74) is 1.98. The lowest BCUT2D eigenvalue weighted by Gasteiger charge is -2.31. The second kappa shape index (κ2) is 6.45. The van der Waals surface area contributed by atoms with Crippen molar-refractivity contribution in [2.24, 2.45) is 5.92 Å². The number of aromatic nitrogens is 3. The maximum atomic E-state index is 11.8. The zero-order valence-electron chi connectivity index (χ0n) is 13.7. The fourth-order valence-corrected chi connectivity index (χ4v) is 3.99. The molecule has 126 valence electrons. The molecule has 0 bridgehead atoms. The Hall–Kier alpha value is -1.67. The van der Waals surface area contributed by atoms with Crippen molar-refractivity contribution in [1.82, 2.24) is 19.1 Å². The number of nitrogens with zero attached hydrogens (tertiary/aromatic N) is 4. The normalized spacial score (nSPS) is 19.7. The quantitative estimate of drug-likeness (QED) is 0.876. The zero-order chi connectivity index (χ0) is 16.4. The molecule has 0 amide bonds. The molecule has 0 aliphatic carbocycles. The molecule has 1 aliphatic rings. The second-order valence-corrected chi connectivity index (χ2v) is 8.23. The Kier molecular flexibility index (Phi) is 4.54. The van der Waals surface area contributed by atoms with Crippen molar-refractivity contribution in [2.45, 2.75) is 26.3 Å². The molecule has 2 aromatic heterocycles. The van der Waals surface area contributed by atoms with E-state index in [0.717, 1.165) is 55.7 Å². The summed E-state index contributed by atoms with van der Waals surface area (Å²) in [6.07, 6.45) is 7.12. The first-order chi connectivity index (χ1) is 11.0. The minimum absolute atomic E-state index is 0.539. The summed E-state index contributed by atoms with van der Waals surface area (Å²) in [5.74, 6) is 0.539. The monoisotopic (exact) mass is 336 g/mol. The van der Waals surface area contributed by atoms with Gasteiger partial charge in [0.05, 0.1) is 11.6 Å². The second-order valence-electron chi connectivity index (χ2n) is 6.11. The van der Waals surface area contributed by atoms with Gasteiger partial charge in [-0.3, -0.25) is 0 Å². The summed E-state index contributed by atoms with van der Waals surface area (Å²) >= 11 is 0. The fraction of sp³-hybridized carbons (Fsp3) is 0.600. The van der Waals surface area contributed by atoms with E-state index in [0.29, 0.717) is 5.92 Å². The number of rotatable bonds is 5. The van der Waals surface area contributed by atoms with Gasteiger partial charge in [0.2, 0.25) is 0 Å². The summed E-state index contributed by atoms with van der Waals surface area (Å²) < 4.78 is 23.1. The van der Waals surface area contributed by atoms with Crippen molar-refractivity contribution in [3.63, 3.8) is 0 Å². The van der Waals surface area contributed by atoms with E-state index in [1.165, 1.54) is 6.26 Å². The number of piperidine rings is 1. The van der Waals surface area contributed by atoms with E-state index in [9.17, 15) is 4.21 Å². The van der Waals surface area contributed by atoms with Gasteiger partial charge in [0.25, 0.3) is 0 Å². The molecule has 23 heavy (non-hydrogen) atoms. The van der Waals surface area contributed by atoms with Gasteiger partial charge in [-0.25, -0.2) is 23.0 Å². The van der Waals surface area contributed by atoms with E-state index in [-0.39, 0.29) is 0 Å². The standard InChI is InChI=1S/C15H24N6OS/c1-3-21-15-13(11-19-21)14(4-7-17-15)18-10-12-5-8-20(9-6-12)23(2,16)22/h4,7,11-12,16H,3,5-6,8-10H2,1-2H3,(H,17,18). The van der Waals surface area contributed by atoms with E-state index in [1.807, 2.05) is 23.1 Å². The molecular weight excluding hydrogens is 312 g/mol. The minimum atomic E-state index is -2.55. The average Bonchev–Trinajstić information content (AvgIpc) is 2.96. The van der Waals surface area contributed by atoms with Crippen LogP contribution in [0.2, 0.25) is 0 Å². The van der Waals surface area contributed by atoms with Crippen molar-refractivity contribution < 1.29 is 4.21 Å². The number of hydrogen-bond acceptors (Lipinski definition) is 5. The largest absolute Gasteiger partial charge is 0.384 e. The summed E-state index contributed by atoms with van der Waals surface area (Å²) in [7, 11) is -2.55. The van der Waals surface area contributed by atoms with E-state index in [4.69, 9.17) is 4.78 Å². The van der Waals surface area contributed by atoms with Gasteiger partial charge in [0, 0.05) is 44.3 Å². The molecule has 1 unspecified atom stereocenters. The topological polar surface area (TPSA) is 86.9 Å². The Morgan fingerprint density at radius 2 is 2.17 bits per heavy atom. The number of nitrogens with one attached hydrogen (secondary N) is 2. The highest BCUT2D eigenvalue weighted by Gasteiger charge is 2.23. The smallest absolute Gasteiger partial charge is 0.159 e. The van der Waals surface area contributed by atoms with Crippen molar-refractivity contribution in [2.75, 3.05) is 31.2 Å². The Balaban J connectivity index is 1.63. The Morgan fingerprint density at radius 1 is 1.43 bits per heavy atom. The molecule has 2 N–H and O–H groups in total. The van der Waals surface area contributed by atoms with Gasteiger partial charge in [0.15, 0.2) is 5.65 Å². The fourth-order valence-electron chi connectivity index (χ4n) is 3.08. The zero-order valence-corrected chi connectivity index (χ0v) is 14.5. The maximum Gasteiger partial charge on any atom is 0.159 e. The van der Waals surface area contributed by atoms with Gasteiger partial charge in [0.1, 0.15) is 9.92 Å². The van der Waals surface area contributed by atoms with E-state index in [1.54, 1.807) is 4.31 Å². The lowest BCUT2D eigenvalue weighted by Crippen LogP contribution is -2.38. The number of anilines is 1. The van der Waals surface area contributed by atoms with E-state index in [2.05, 4.69) is 22.3 Å². The molecule has 7 nitrogen and oxygen atoms in total. The van der Waals surface area contributed by atoms with Gasteiger partial charge >= 0.3 is 0 Å². The summed E-state index contributed by atoms with van der Waals surface area (Å²) in [6, 6.07) is 1.99. The lowest BCUT2D eigenvalue weighted by molar-refractivity contribution is 0.291. The molecule has 1 saturated heterocycles. The molecule has 2 aromatic rings. The predicted octanol–water partition coefficient (Wildman–Crippen LogP) is 2.17. The van der Waals surface area contributed by atoms with Gasteiger partial charge in [-0.05, 0) is 31.7 Å². The lowest BCUT2D eigenvalue weighted by atomic mass is 9.98. The molecule has 8 heteroatoms. The third-order valence-corrected chi connectivity index (χ3v) is 5.84. The van der Waals surface area contributed by atoms with Gasteiger partial charge < -0.3 is 5.32 Å². The third kappa shape index (κ3) is 3.48. The molecule has 0 radical (unpaired) electrons. The molecule has 1 fully saturated rings. The average molecular weight is 336 g/mol. The number of aryl methyl sites for hydroxylation is 1. The summed E-state index contributed by atoms with van der Waals surface area (Å²) in [6.45, 7) is 5.23. The molecule has 3 heterocycles. The van der Waals surface area contributed by atoms with Gasteiger partial charge in [-0.1, -0.05) is 0 Å². The molecule has 0 aromatic carbocycles. The van der Waals surface area contributed by atoms with Crippen molar-refractivity contribution in [1.29, 1.82) is 4.78 Å². The summed E-state index contributed by atoms with van der Waals surface area (Å²) in [5, 5.41) is 8.93. The van der Waals surface area contributed by atoms with Crippen molar-refractivity contribution >= 4 is 26.6 Å². The molecular formula is C15H24N6OS. The third-order valence-electron chi connectivity index (χ3n) is 4.49. The predicted molar refractivity (Wildman–Crippen MR) is 92.8 cm³/mol. The molecule has 0 saturated carbocycles. The first-order valence-corrected chi connectivity index (χ1v) is 9.94. The SMILES string of the molecule is CCn1ncc2c(NCC3CCN(S(C)(=N)=O)CC3)ccnc21. The number of hydrogen-bond donors (Lipinski definition) is 2. The van der Waals surface area contributed by atoms with Crippen LogP contribution in [0.25, 0.3) is 11.0 Å². The number of fused-ring (bicyclic) bond motifs is 1. The highest BCUT2D eigenvalue weighted by molar-refractivity contribution is 7.89. The maximum absolute atomic E-state index is 11.8. The van der Waals surface area contributed by atoms with Crippen molar-refractivity contribution in [3.8, 4) is 0 Å². The molecule has 3 rings (SSSR count). The molecule has 0 spiro atoms. The Bertz CT molecular complexity index is 776. The van der Waals surface area contributed by atoms with Gasteiger partial charge in [-0.2, -0.15) is 5.10 Å². The highest BCUT2D eigenvalue weighted by atomic mass is 32.2. The van der Waals surface area contributed by atoms with Crippen LogP contribution in [0.1, 0.15) is 19.8 Å². The van der Waals surface area contributed by atoms with Crippen LogP contribution in [0.3, 0.4) is 0 Å². The minimum Gasteiger partial charge on any atom is -0.384 e. The van der Waals surface area contributed by atoms with Crippen LogP contribution in [-0.4, -0.2) is 49.2 Å². The highest BCUT2D eigenvalue weighted by Crippen LogP contribution is 2.24. The van der Waals surface area contributed by atoms with Crippen LogP contribution in [0.15, 0.2) is 18.5 Å². The van der Waals surface area contributed by atoms with Crippen molar-refractivity contribution in [3.05, 3.63) is 18.5 Å².